The fourth-order valence-corrected chi connectivity index (χ4v) is 1.51. The highest BCUT2D eigenvalue weighted by molar-refractivity contribution is 6.07. The molecule has 2 aromatic rings. The number of nitrogens with one attached hydrogen (secondary N) is 1. The molecule has 0 aromatic heterocycles. The van der Waals surface area contributed by atoms with Gasteiger partial charge < -0.3 is 11.1 Å². The number of amides is 1. The van der Waals surface area contributed by atoms with Crippen LogP contribution in [0.5, 0.6) is 0 Å². The van der Waals surface area contributed by atoms with Crippen molar-refractivity contribution in [2.45, 2.75) is 0 Å². The Morgan fingerprint density at radius 1 is 1.00 bits per heavy atom. The Kier molecular flexibility index (Phi) is 3.41. The first-order chi connectivity index (χ1) is 8.99. The molecular formula is C13H9F3N2O. The Bertz CT molecular complexity index is 644. The first kappa shape index (κ1) is 12.9. The monoisotopic (exact) mass is 266 g/mol. The Hall–Kier alpha value is -2.50. The van der Waals surface area contributed by atoms with Crippen LogP contribution in [0.15, 0.2) is 36.4 Å². The van der Waals surface area contributed by atoms with Gasteiger partial charge in [0.15, 0.2) is 11.6 Å². The summed E-state index contributed by atoms with van der Waals surface area (Å²) in [5.74, 6) is -3.55. The van der Waals surface area contributed by atoms with E-state index in [4.69, 9.17) is 5.73 Å². The number of halogens is 3. The summed E-state index contributed by atoms with van der Waals surface area (Å²) in [4.78, 5) is 11.8. The van der Waals surface area contributed by atoms with Gasteiger partial charge in [-0.3, -0.25) is 4.79 Å². The van der Waals surface area contributed by atoms with Crippen molar-refractivity contribution in [2.75, 3.05) is 11.1 Å². The zero-order valence-corrected chi connectivity index (χ0v) is 9.58. The van der Waals surface area contributed by atoms with Crippen LogP contribution in [0.2, 0.25) is 0 Å². The van der Waals surface area contributed by atoms with E-state index >= 15 is 0 Å². The van der Waals surface area contributed by atoms with Crippen LogP contribution in [-0.4, -0.2) is 5.91 Å². The summed E-state index contributed by atoms with van der Waals surface area (Å²) in [7, 11) is 0. The number of anilines is 2. The Morgan fingerprint density at radius 2 is 1.74 bits per heavy atom. The maximum Gasteiger partial charge on any atom is 0.257 e. The molecule has 2 aromatic carbocycles. The predicted octanol–water partition coefficient (Wildman–Crippen LogP) is 2.94. The van der Waals surface area contributed by atoms with E-state index < -0.39 is 23.4 Å². The number of hydrogen-bond donors (Lipinski definition) is 2. The molecular weight excluding hydrogens is 257 g/mol. The van der Waals surface area contributed by atoms with Crippen LogP contribution >= 0.6 is 0 Å². The van der Waals surface area contributed by atoms with E-state index in [2.05, 4.69) is 5.32 Å². The third kappa shape index (κ3) is 2.67. The summed E-state index contributed by atoms with van der Waals surface area (Å²) in [5.41, 5.74) is 5.09. The predicted molar refractivity (Wildman–Crippen MR) is 65.1 cm³/mol. The number of benzene rings is 2. The largest absolute Gasteiger partial charge is 0.396 e. The molecule has 0 aliphatic rings. The van der Waals surface area contributed by atoms with Crippen molar-refractivity contribution in [3.05, 3.63) is 59.4 Å². The molecule has 3 N–H and O–H groups in total. The zero-order chi connectivity index (χ0) is 14.0. The van der Waals surface area contributed by atoms with Crippen molar-refractivity contribution < 1.29 is 18.0 Å². The Balaban J connectivity index is 2.26. The highest BCUT2D eigenvalue weighted by Crippen LogP contribution is 2.19. The van der Waals surface area contributed by atoms with Crippen LogP contribution in [0.1, 0.15) is 10.4 Å². The van der Waals surface area contributed by atoms with Crippen LogP contribution in [0.25, 0.3) is 0 Å². The zero-order valence-electron chi connectivity index (χ0n) is 9.58. The van der Waals surface area contributed by atoms with Crippen LogP contribution < -0.4 is 11.1 Å². The third-order valence-electron chi connectivity index (χ3n) is 2.48. The van der Waals surface area contributed by atoms with Crippen LogP contribution in [0.4, 0.5) is 24.5 Å². The molecule has 2 rings (SSSR count). The minimum atomic E-state index is -1.09. The average Bonchev–Trinajstić information content (AvgIpc) is 2.37. The number of hydrogen-bond acceptors (Lipinski definition) is 2. The second-order valence-corrected chi connectivity index (χ2v) is 3.78. The summed E-state index contributed by atoms with van der Waals surface area (Å²) in [5, 5.41) is 2.30. The topological polar surface area (TPSA) is 55.1 Å². The molecule has 3 nitrogen and oxygen atoms in total. The Morgan fingerprint density at radius 3 is 2.42 bits per heavy atom. The average molecular weight is 266 g/mol. The first-order valence-electron chi connectivity index (χ1n) is 5.29. The second kappa shape index (κ2) is 5.01. The van der Waals surface area contributed by atoms with Gasteiger partial charge in [-0.15, -0.1) is 0 Å². The molecule has 0 spiro atoms. The van der Waals surface area contributed by atoms with E-state index in [1.54, 1.807) is 0 Å². The maximum absolute atomic E-state index is 13.2. The van der Waals surface area contributed by atoms with Crippen molar-refractivity contribution in [1.29, 1.82) is 0 Å². The minimum Gasteiger partial charge on any atom is -0.396 e. The second-order valence-electron chi connectivity index (χ2n) is 3.78. The summed E-state index contributed by atoms with van der Waals surface area (Å²) in [6.07, 6.45) is 0. The van der Waals surface area contributed by atoms with Gasteiger partial charge in [-0.1, -0.05) is 6.07 Å². The number of carbonyl (C=O) groups excluding carboxylic acids is 1. The van der Waals surface area contributed by atoms with Crippen LogP contribution in [0, 0.1) is 17.5 Å². The highest BCUT2D eigenvalue weighted by atomic mass is 19.2. The van der Waals surface area contributed by atoms with Gasteiger partial charge in [0.2, 0.25) is 0 Å². The van der Waals surface area contributed by atoms with Crippen LogP contribution in [0.3, 0.4) is 0 Å². The molecule has 0 atom stereocenters. The summed E-state index contributed by atoms with van der Waals surface area (Å²) in [6.45, 7) is 0. The van der Waals surface area contributed by atoms with E-state index in [0.29, 0.717) is 0 Å². The molecule has 0 aliphatic carbocycles. The van der Waals surface area contributed by atoms with Gasteiger partial charge in [0, 0.05) is 11.8 Å². The van der Waals surface area contributed by atoms with Gasteiger partial charge in [0.05, 0.1) is 11.3 Å². The van der Waals surface area contributed by atoms with E-state index in [0.717, 1.165) is 18.2 Å². The lowest BCUT2D eigenvalue weighted by Crippen LogP contribution is -2.15. The number of nitrogen functional groups attached to an aromatic ring is 1. The fraction of sp³-hybridized carbons (Fsp3) is 0. The minimum absolute atomic E-state index is 0.0487. The molecule has 0 radical (unpaired) electrons. The highest BCUT2D eigenvalue weighted by Gasteiger charge is 2.13. The van der Waals surface area contributed by atoms with Gasteiger partial charge in [-0.2, -0.15) is 0 Å². The lowest BCUT2D eigenvalue weighted by molar-refractivity contribution is 0.102. The Labute approximate surface area is 106 Å². The molecule has 19 heavy (non-hydrogen) atoms. The van der Waals surface area contributed by atoms with Crippen molar-refractivity contribution >= 4 is 17.3 Å². The number of nitrogens with two attached hydrogens (primary N) is 1. The molecule has 0 heterocycles. The molecule has 0 saturated heterocycles. The molecule has 0 saturated carbocycles. The quantitative estimate of drug-likeness (QED) is 0.821. The fourth-order valence-electron chi connectivity index (χ4n) is 1.51. The smallest absolute Gasteiger partial charge is 0.257 e. The summed E-state index contributed by atoms with van der Waals surface area (Å²) in [6, 6.07) is 6.65. The lowest BCUT2D eigenvalue weighted by atomic mass is 10.1. The van der Waals surface area contributed by atoms with E-state index in [-0.39, 0.29) is 16.9 Å². The summed E-state index contributed by atoms with van der Waals surface area (Å²) >= 11 is 0. The maximum atomic E-state index is 13.2. The van der Waals surface area contributed by atoms with Crippen molar-refractivity contribution in [3.8, 4) is 0 Å². The SMILES string of the molecule is Nc1c(F)cccc1C(=O)Nc1ccc(F)c(F)c1. The number of carbonyl (C=O) groups is 1. The van der Waals surface area contributed by atoms with Gasteiger partial charge in [0.1, 0.15) is 5.82 Å². The number of rotatable bonds is 2. The molecule has 98 valence electrons. The van der Waals surface area contributed by atoms with Gasteiger partial charge in [0.25, 0.3) is 5.91 Å². The van der Waals surface area contributed by atoms with E-state index in [1.807, 2.05) is 0 Å². The van der Waals surface area contributed by atoms with Crippen molar-refractivity contribution in [3.63, 3.8) is 0 Å². The molecule has 1 amide bonds. The third-order valence-corrected chi connectivity index (χ3v) is 2.48. The van der Waals surface area contributed by atoms with Crippen LogP contribution in [-0.2, 0) is 0 Å². The molecule has 0 aliphatic heterocycles. The normalized spacial score (nSPS) is 10.3. The number of para-hydroxylation sites is 1. The molecule has 6 heteroatoms. The van der Waals surface area contributed by atoms with E-state index in [9.17, 15) is 18.0 Å². The molecule has 0 bridgehead atoms. The summed E-state index contributed by atoms with van der Waals surface area (Å²) < 4.78 is 38.9. The van der Waals surface area contributed by atoms with Crippen molar-refractivity contribution in [2.24, 2.45) is 0 Å². The first-order valence-corrected chi connectivity index (χ1v) is 5.29. The van der Waals surface area contributed by atoms with Gasteiger partial charge >= 0.3 is 0 Å². The van der Waals surface area contributed by atoms with E-state index in [1.165, 1.54) is 18.2 Å². The van der Waals surface area contributed by atoms with Gasteiger partial charge in [-0.25, -0.2) is 13.2 Å². The lowest BCUT2D eigenvalue weighted by Gasteiger charge is -2.08. The molecule has 0 fully saturated rings. The van der Waals surface area contributed by atoms with Gasteiger partial charge in [-0.05, 0) is 24.3 Å². The molecule has 0 unspecified atom stereocenters. The van der Waals surface area contributed by atoms with Crippen molar-refractivity contribution in [1.82, 2.24) is 0 Å². The standard InChI is InChI=1S/C13H9F3N2O/c14-9-5-4-7(6-11(9)16)18-13(19)8-2-1-3-10(15)12(8)17/h1-6H,17H2,(H,18,19).